The fourth-order valence-corrected chi connectivity index (χ4v) is 3.38. The van der Waals surface area contributed by atoms with E-state index in [1.165, 1.54) is 12.3 Å². The van der Waals surface area contributed by atoms with Crippen LogP contribution in [-0.4, -0.2) is 42.2 Å². The molecule has 1 fully saturated rings. The summed E-state index contributed by atoms with van der Waals surface area (Å²) in [5.41, 5.74) is 1.20. The van der Waals surface area contributed by atoms with E-state index in [1.54, 1.807) is 30.5 Å². The Kier molecular flexibility index (Phi) is 6.23. The molecule has 0 radical (unpaired) electrons. The first-order valence-electron chi connectivity index (χ1n) is 9.91. The maximum Gasteiger partial charge on any atom is 0.263 e. The van der Waals surface area contributed by atoms with Gasteiger partial charge in [-0.15, -0.1) is 0 Å². The minimum absolute atomic E-state index is 0.0869. The van der Waals surface area contributed by atoms with Crippen molar-refractivity contribution in [2.45, 2.75) is 6.54 Å². The number of nitrogens with zero attached hydrogens (tertiary/aromatic N) is 2. The van der Waals surface area contributed by atoms with Crippen LogP contribution in [0.25, 0.3) is 0 Å². The summed E-state index contributed by atoms with van der Waals surface area (Å²) in [7, 11) is 0. The maximum atomic E-state index is 14.6. The van der Waals surface area contributed by atoms with Gasteiger partial charge in [-0.25, -0.2) is 4.39 Å². The van der Waals surface area contributed by atoms with Crippen LogP contribution >= 0.6 is 0 Å². The summed E-state index contributed by atoms with van der Waals surface area (Å²) in [6, 6.07) is 11.6. The normalized spacial score (nSPS) is 13.6. The Balaban J connectivity index is 1.50. The topological polar surface area (TPSA) is 99.3 Å². The van der Waals surface area contributed by atoms with E-state index in [1.807, 2.05) is 17.0 Å². The van der Waals surface area contributed by atoms with Gasteiger partial charge in [0.25, 0.3) is 11.5 Å². The van der Waals surface area contributed by atoms with Gasteiger partial charge < -0.3 is 25.3 Å². The average Bonchev–Trinajstić information content (AvgIpc) is 2.79. The average molecular weight is 423 g/mol. The molecule has 0 bridgehead atoms. The Morgan fingerprint density at radius 3 is 2.77 bits per heavy atom. The minimum Gasteiger partial charge on any atom is -0.379 e. The number of carbonyl (C=O) groups is 1. The molecule has 3 heterocycles. The Bertz CT molecular complexity index is 1110. The fraction of sp³-hybridized carbons (Fsp3) is 0.227. The van der Waals surface area contributed by atoms with Crippen molar-refractivity contribution in [1.82, 2.24) is 9.97 Å². The molecule has 1 amide bonds. The molecule has 3 aromatic rings. The van der Waals surface area contributed by atoms with Crippen LogP contribution in [0, 0.1) is 5.82 Å². The van der Waals surface area contributed by atoms with Crippen molar-refractivity contribution in [2.75, 3.05) is 41.8 Å². The van der Waals surface area contributed by atoms with Crippen molar-refractivity contribution >= 4 is 23.0 Å². The molecule has 0 atom stereocenters. The number of amides is 1. The number of ether oxygens (including phenoxy) is 1. The predicted octanol–water partition coefficient (Wildman–Crippen LogP) is 2.61. The SMILES string of the molecule is O=C(Nc1ccc(N2CCOCC2)c(F)c1)c1c(NCc2ccccn2)cc[nH]c1=O. The van der Waals surface area contributed by atoms with E-state index in [9.17, 15) is 14.0 Å². The second kappa shape index (κ2) is 9.40. The number of hydrogen-bond donors (Lipinski definition) is 3. The molecule has 0 aliphatic carbocycles. The number of rotatable bonds is 6. The van der Waals surface area contributed by atoms with E-state index < -0.39 is 17.3 Å². The summed E-state index contributed by atoms with van der Waals surface area (Å²) in [5.74, 6) is -1.08. The quantitative estimate of drug-likeness (QED) is 0.564. The summed E-state index contributed by atoms with van der Waals surface area (Å²) in [4.78, 5) is 33.8. The predicted molar refractivity (Wildman–Crippen MR) is 116 cm³/mol. The van der Waals surface area contributed by atoms with E-state index in [0.29, 0.717) is 44.2 Å². The van der Waals surface area contributed by atoms with Crippen molar-refractivity contribution < 1.29 is 13.9 Å². The van der Waals surface area contributed by atoms with Gasteiger partial charge in [-0.1, -0.05) is 6.07 Å². The lowest BCUT2D eigenvalue weighted by atomic mass is 10.2. The highest BCUT2D eigenvalue weighted by molar-refractivity contribution is 6.07. The third kappa shape index (κ3) is 4.89. The van der Waals surface area contributed by atoms with Crippen molar-refractivity contribution in [3.8, 4) is 0 Å². The zero-order valence-corrected chi connectivity index (χ0v) is 16.7. The van der Waals surface area contributed by atoms with Gasteiger partial charge in [-0.2, -0.15) is 0 Å². The van der Waals surface area contributed by atoms with E-state index in [4.69, 9.17) is 4.74 Å². The number of carbonyl (C=O) groups excluding carboxylic acids is 1. The molecule has 0 spiro atoms. The molecule has 1 aromatic carbocycles. The summed E-state index contributed by atoms with van der Waals surface area (Å²) in [6.45, 7) is 2.64. The Morgan fingerprint density at radius 2 is 2.03 bits per heavy atom. The van der Waals surface area contributed by atoms with Crippen molar-refractivity contribution in [2.24, 2.45) is 0 Å². The van der Waals surface area contributed by atoms with Gasteiger partial charge in [0, 0.05) is 31.2 Å². The third-order valence-electron chi connectivity index (χ3n) is 4.93. The monoisotopic (exact) mass is 423 g/mol. The number of morpholine rings is 1. The molecular weight excluding hydrogens is 401 g/mol. The van der Waals surface area contributed by atoms with Gasteiger partial charge in [0.2, 0.25) is 0 Å². The van der Waals surface area contributed by atoms with Crippen molar-refractivity contribution in [1.29, 1.82) is 0 Å². The number of H-pyrrole nitrogens is 1. The van der Waals surface area contributed by atoms with Gasteiger partial charge in [0.05, 0.1) is 36.8 Å². The van der Waals surface area contributed by atoms with Crippen molar-refractivity contribution in [3.05, 3.63) is 82.3 Å². The van der Waals surface area contributed by atoms with Crippen molar-refractivity contribution in [3.63, 3.8) is 0 Å². The lowest BCUT2D eigenvalue weighted by Crippen LogP contribution is -2.36. The number of nitrogens with one attached hydrogen (secondary N) is 3. The third-order valence-corrected chi connectivity index (χ3v) is 4.93. The first-order valence-corrected chi connectivity index (χ1v) is 9.91. The first-order chi connectivity index (χ1) is 15.1. The molecule has 3 N–H and O–H groups in total. The molecule has 0 unspecified atom stereocenters. The smallest absolute Gasteiger partial charge is 0.263 e. The number of aromatic nitrogens is 2. The number of aromatic amines is 1. The molecule has 160 valence electrons. The number of hydrogen-bond acceptors (Lipinski definition) is 6. The highest BCUT2D eigenvalue weighted by Gasteiger charge is 2.19. The number of pyridine rings is 2. The van der Waals surface area contributed by atoms with Crippen LogP contribution in [-0.2, 0) is 11.3 Å². The van der Waals surface area contributed by atoms with Crippen LogP contribution in [0.2, 0.25) is 0 Å². The molecule has 31 heavy (non-hydrogen) atoms. The molecule has 8 nitrogen and oxygen atoms in total. The molecule has 4 rings (SSSR count). The molecule has 1 aliphatic rings. The van der Waals surface area contributed by atoms with Crippen LogP contribution in [0.4, 0.5) is 21.5 Å². The lowest BCUT2D eigenvalue weighted by Gasteiger charge is -2.29. The maximum absolute atomic E-state index is 14.6. The summed E-state index contributed by atoms with van der Waals surface area (Å²) in [5, 5.41) is 5.68. The standard InChI is InChI=1S/C22H22FN5O3/c23-17-13-15(4-5-19(17)28-9-11-31-12-10-28)27-22(30)20-18(6-8-25-21(20)29)26-14-16-3-1-2-7-24-16/h1-8,13H,9-12,14H2,(H,27,30)(H2,25,26,29). The molecule has 2 aromatic heterocycles. The van der Waals surface area contributed by atoms with Gasteiger partial charge in [-0.3, -0.25) is 14.6 Å². The van der Waals surface area contributed by atoms with Crippen LogP contribution in [0.5, 0.6) is 0 Å². The Hall–Kier alpha value is -3.72. The first kappa shape index (κ1) is 20.5. The van der Waals surface area contributed by atoms with Crippen LogP contribution in [0.1, 0.15) is 16.1 Å². The number of halogens is 1. The largest absolute Gasteiger partial charge is 0.379 e. The molecule has 9 heteroatoms. The molecular formula is C22H22FN5O3. The summed E-state index contributed by atoms with van der Waals surface area (Å²) < 4.78 is 19.9. The Morgan fingerprint density at radius 1 is 1.19 bits per heavy atom. The van der Waals surface area contributed by atoms with Crippen LogP contribution in [0.15, 0.2) is 59.7 Å². The van der Waals surface area contributed by atoms with Crippen LogP contribution < -0.4 is 21.1 Å². The van der Waals surface area contributed by atoms with E-state index in [-0.39, 0.29) is 11.3 Å². The zero-order chi connectivity index (χ0) is 21.6. The van der Waals surface area contributed by atoms with E-state index in [2.05, 4.69) is 20.6 Å². The summed E-state index contributed by atoms with van der Waals surface area (Å²) in [6.07, 6.45) is 3.12. The lowest BCUT2D eigenvalue weighted by molar-refractivity contribution is 0.102. The van der Waals surface area contributed by atoms with Gasteiger partial charge >= 0.3 is 0 Å². The van der Waals surface area contributed by atoms with E-state index in [0.717, 1.165) is 5.69 Å². The Labute approximate surface area is 178 Å². The van der Waals surface area contributed by atoms with Crippen LogP contribution in [0.3, 0.4) is 0 Å². The number of anilines is 3. The summed E-state index contributed by atoms with van der Waals surface area (Å²) >= 11 is 0. The van der Waals surface area contributed by atoms with Gasteiger partial charge in [0.1, 0.15) is 11.4 Å². The second-order valence-electron chi connectivity index (χ2n) is 6.99. The molecule has 0 saturated carbocycles. The molecule has 1 saturated heterocycles. The number of benzene rings is 1. The highest BCUT2D eigenvalue weighted by atomic mass is 19.1. The van der Waals surface area contributed by atoms with E-state index >= 15 is 0 Å². The minimum atomic E-state index is -0.635. The van der Waals surface area contributed by atoms with Gasteiger partial charge in [-0.05, 0) is 36.4 Å². The highest BCUT2D eigenvalue weighted by Crippen LogP contribution is 2.24. The molecule has 1 aliphatic heterocycles. The zero-order valence-electron chi connectivity index (χ0n) is 16.7. The van der Waals surface area contributed by atoms with Gasteiger partial charge in [0.15, 0.2) is 0 Å². The second-order valence-corrected chi connectivity index (χ2v) is 6.99. The fourth-order valence-electron chi connectivity index (χ4n) is 3.38.